The van der Waals surface area contributed by atoms with Crippen LogP contribution in [0.2, 0.25) is 0 Å². The van der Waals surface area contributed by atoms with Gasteiger partial charge in [-0.15, -0.1) is 11.3 Å². The highest BCUT2D eigenvalue weighted by molar-refractivity contribution is 7.09. The van der Waals surface area contributed by atoms with E-state index in [2.05, 4.69) is 42.2 Å². The highest BCUT2D eigenvalue weighted by atomic mass is 32.1. The van der Waals surface area contributed by atoms with E-state index in [1.807, 2.05) is 65.1 Å². The molecule has 3 aromatic rings. The molecule has 40 nitrogen and oxygen atoms in total. The number of carbonyl (C=O) groups is 13. The van der Waals surface area contributed by atoms with E-state index in [1.165, 1.54) is 6.92 Å². The van der Waals surface area contributed by atoms with Crippen LogP contribution in [0.1, 0.15) is 165 Å². The van der Waals surface area contributed by atoms with Crippen molar-refractivity contribution in [2.75, 3.05) is 198 Å². The molecule has 135 heavy (non-hydrogen) atoms. The first-order chi connectivity index (χ1) is 64.8. The van der Waals surface area contributed by atoms with Crippen molar-refractivity contribution in [1.29, 1.82) is 0 Å². The summed E-state index contributed by atoms with van der Waals surface area (Å²) in [4.78, 5) is 183. The number of methoxy groups -OCH3 is 1. The maximum absolute atomic E-state index is 15.1. The third kappa shape index (κ3) is 45.2. The molecule has 0 saturated carbocycles. The summed E-state index contributed by atoms with van der Waals surface area (Å²) in [6.45, 7) is 23.8. The third-order valence-corrected chi connectivity index (χ3v) is 23.8. The number of ether oxygens (including phenoxy) is 13. The smallest absolute Gasteiger partial charge is 0.306 e. The van der Waals surface area contributed by atoms with Gasteiger partial charge in [0.1, 0.15) is 47.5 Å². The fourth-order valence-corrected chi connectivity index (χ4v) is 15.9. The average molecular weight is 1930 g/mol. The number of carbonyl (C=O) groups excluding carboxylic acids is 11. The molecule has 2 aliphatic heterocycles. The number of nitrogens with one attached hydrogen (secondary N) is 7. The molecule has 1 aromatic heterocycles. The summed E-state index contributed by atoms with van der Waals surface area (Å²) in [7, 11) is 5.26. The number of imide groups is 1. The summed E-state index contributed by atoms with van der Waals surface area (Å²) < 4.78 is 71.6. The molecule has 11 N–H and O–H groups in total. The number of likely N-dealkylation sites (tertiary alicyclic amines) is 1. The first kappa shape index (κ1) is 116. The van der Waals surface area contributed by atoms with Crippen LogP contribution in [0.4, 0.5) is 5.69 Å². The molecular formula is C94H149N12O28S+. The Bertz CT molecular complexity index is 4060. The molecule has 12 atom stereocenters. The zero-order valence-corrected chi connectivity index (χ0v) is 81.3. The standard InChI is InChI=1S/C94H148N12O28S/c1-12-66(6)85(93(119)104(9)76(64(2)3)60-79(134-68(8)107)92-101-75(63-135-92)88(115)98-72(58-67(7)94(120)121)59-69-20-14-13-15-21-69)103-90(117)78-23-17-19-34-106(78,10)62-70-24-26-71(27-25-70)97-86(113)74(28-31-83(111)112)100-91(118)84(65(4)5)102-87(114)73(99-89(116)77(61-95)105-81(109)29-30-82(105)110)22-16-18-33-96-80(108)32-35-123-38-39-125-42-43-127-46-47-129-50-51-131-54-55-133-57-56-132-53-52-130-49-48-128-45-44-126-41-40-124-37-36-122-11/h13-15,20-21,24-27,29-30,63-67,72-74,76-79,84-85H,12,16-19,22-23,28,31-62,95H2,1-11H3,(H8-,96,97,98,99,100,102,103,108,111,112,113,114,115,116,117,118,120,121)/p+1/t66-,67-,72+,73-,74-,76+,77-,78+,79+,84-,85-,106?/m0/s1. The predicted molar refractivity (Wildman–Crippen MR) is 498 cm³/mol. The minimum absolute atomic E-state index is 0.0337. The van der Waals surface area contributed by atoms with Crippen molar-refractivity contribution in [2.45, 2.75) is 200 Å². The number of hydrogen-bond acceptors (Lipinski definition) is 29. The van der Waals surface area contributed by atoms with Crippen LogP contribution in [-0.4, -0.2) is 348 Å². The predicted octanol–water partition coefficient (Wildman–Crippen LogP) is 4.47. The number of rotatable bonds is 75. The molecule has 3 heterocycles. The molecule has 1 unspecified atom stereocenters. The van der Waals surface area contributed by atoms with Crippen molar-refractivity contribution < 1.29 is 139 Å². The van der Waals surface area contributed by atoms with Crippen LogP contribution in [0, 0.1) is 23.7 Å². The van der Waals surface area contributed by atoms with Gasteiger partial charge in [0.15, 0.2) is 12.1 Å². The number of nitrogens with two attached hydrogens (primary N) is 1. The van der Waals surface area contributed by atoms with E-state index in [4.69, 9.17) is 67.3 Å². The largest absolute Gasteiger partial charge is 0.481 e. The second-order valence-electron chi connectivity index (χ2n) is 34.2. The number of piperidine rings is 1. The highest BCUT2D eigenvalue weighted by Gasteiger charge is 2.45. The number of quaternary nitrogens is 1. The first-order valence-corrected chi connectivity index (χ1v) is 47.7. The van der Waals surface area contributed by atoms with E-state index >= 15 is 4.79 Å². The van der Waals surface area contributed by atoms with Gasteiger partial charge in [-0.2, -0.15) is 0 Å². The number of carboxylic acids is 2. The third-order valence-electron chi connectivity index (χ3n) is 22.8. The minimum Gasteiger partial charge on any atom is -0.481 e. The number of likely N-dealkylation sites (N-methyl/N-ethyl adjacent to an activating group) is 2. The van der Waals surface area contributed by atoms with Crippen LogP contribution < -0.4 is 43.0 Å². The number of thiazole rings is 1. The Labute approximate surface area is 796 Å². The second kappa shape index (κ2) is 66.1. The van der Waals surface area contributed by atoms with Crippen LogP contribution in [0.5, 0.6) is 0 Å². The van der Waals surface area contributed by atoms with Crippen LogP contribution in [-0.2, 0) is 132 Å². The molecule has 0 bridgehead atoms. The van der Waals surface area contributed by atoms with E-state index in [1.54, 1.807) is 69.5 Å². The molecular weight excluding hydrogens is 1780 g/mol. The molecule has 2 aromatic carbocycles. The Hall–Kier alpha value is -9.44. The quantitative estimate of drug-likeness (QED) is 0.0161. The SMILES string of the molecule is CC[C@H](C)[C@H](NC(=O)[C@H]1CCCC[N+]1(C)Cc1ccc(NC(=O)[C@H](CCC(=O)O)NC(=O)[C@@H](NC(=O)[C@H](CCCCNC(=O)CCOCCOCCOCCOCCOCCOCCOCCOCCOCCOCCOCCOC)NC(=O)[C@H](CN)N2C(=O)C=CC2=O)C(C)C)cc1)C(=O)N(C)[C@H](C[C@@H](OC(C)=O)c1nc(C(=O)N[C@@H](Cc2ccccc2)C[C@H](C)C(=O)O)cs1)C(C)C. The number of unbranched alkanes of at least 4 members (excludes halogenated alkanes) is 1. The van der Waals surface area contributed by atoms with Gasteiger partial charge >= 0.3 is 17.9 Å². The maximum Gasteiger partial charge on any atom is 0.306 e. The van der Waals surface area contributed by atoms with Gasteiger partial charge in [-0.3, -0.25) is 67.2 Å². The Morgan fingerprint density at radius 1 is 0.585 bits per heavy atom. The zero-order chi connectivity index (χ0) is 98.9. The summed E-state index contributed by atoms with van der Waals surface area (Å²) in [5, 5.41) is 41.0. The Morgan fingerprint density at radius 2 is 1.10 bits per heavy atom. The van der Waals surface area contributed by atoms with Gasteiger partial charge in [-0.05, 0) is 86.8 Å². The van der Waals surface area contributed by atoms with Gasteiger partial charge in [0.05, 0.1) is 171 Å². The Balaban J connectivity index is 1.07. The van der Waals surface area contributed by atoms with Crippen molar-refractivity contribution in [3.05, 3.63) is 94.0 Å². The van der Waals surface area contributed by atoms with Crippen molar-refractivity contribution in [2.24, 2.45) is 29.4 Å². The lowest BCUT2D eigenvalue weighted by Crippen LogP contribution is -2.63. The van der Waals surface area contributed by atoms with E-state index in [0.29, 0.717) is 181 Å². The fourth-order valence-electron chi connectivity index (χ4n) is 15.0. The van der Waals surface area contributed by atoms with E-state index < -0.39 is 138 Å². The molecule has 0 aliphatic carbocycles. The number of carboxylic acid groups (broad SMARTS) is 2. The number of amides is 10. The van der Waals surface area contributed by atoms with Gasteiger partial charge in [-0.1, -0.05) is 97.4 Å². The average Bonchev–Trinajstić information content (AvgIpc) is 1.13. The molecule has 10 amide bonds. The molecule has 41 heteroatoms. The molecule has 0 radical (unpaired) electrons. The fraction of sp³-hybridized carbons (Fsp3) is 0.681. The summed E-state index contributed by atoms with van der Waals surface area (Å²) in [6.07, 6.45) is 3.76. The number of anilines is 1. The van der Waals surface area contributed by atoms with E-state index in [0.717, 1.165) is 47.5 Å². The zero-order valence-electron chi connectivity index (χ0n) is 80.5. The van der Waals surface area contributed by atoms with Gasteiger partial charge in [0.25, 0.3) is 23.6 Å². The van der Waals surface area contributed by atoms with Gasteiger partial charge in [-0.25, -0.2) is 4.98 Å². The topological polar surface area (TPSA) is 512 Å². The molecule has 2 aliphatic rings. The van der Waals surface area contributed by atoms with E-state index in [9.17, 15) is 67.7 Å². The molecule has 1 saturated heterocycles. The van der Waals surface area contributed by atoms with E-state index in [-0.39, 0.29) is 110 Å². The van der Waals surface area contributed by atoms with Gasteiger partial charge < -0.3 is 124 Å². The lowest BCUT2D eigenvalue weighted by molar-refractivity contribution is -0.942. The van der Waals surface area contributed by atoms with Crippen LogP contribution in [0.15, 0.2) is 72.1 Å². The summed E-state index contributed by atoms with van der Waals surface area (Å²) in [6, 6.07) is 7.76. The lowest BCUT2D eigenvalue weighted by Gasteiger charge is -2.44. The number of benzene rings is 2. The molecule has 0 spiro atoms. The van der Waals surface area contributed by atoms with Crippen molar-refractivity contribution >= 4 is 94.0 Å². The Kier molecular flexibility index (Phi) is 56.9. The molecule has 758 valence electrons. The summed E-state index contributed by atoms with van der Waals surface area (Å²) in [5.41, 5.74) is 7.97. The summed E-state index contributed by atoms with van der Waals surface area (Å²) >= 11 is 1.11. The van der Waals surface area contributed by atoms with Crippen LogP contribution in [0.25, 0.3) is 0 Å². The van der Waals surface area contributed by atoms with Crippen molar-refractivity contribution in [1.82, 2.24) is 46.7 Å². The number of aromatic nitrogens is 1. The number of hydrogen-bond donors (Lipinski definition) is 10. The maximum atomic E-state index is 15.1. The van der Waals surface area contributed by atoms with Crippen LogP contribution >= 0.6 is 11.3 Å². The first-order valence-electron chi connectivity index (χ1n) is 46.8. The number of esters is 1. The van der Waals surface area contributed by atoms with Gasteiger partial charge in [0, 0.05) is 101 Å². The number of aliphatic carboxylic acids is 2. The van der Waals surface area contributed by atoms with Crippen molar-refractivity contribution in [3.63, 3.8) is 0 Å². The molecule has 1 fully saturated rings. The second-order valence-corrected chi connectivity index (χ2v) is 35.1. The minimum atomic E-state index is -1.52. The molecule has 5 rings (SSSR count). The highest BCUT2D eigenvalue weighted by Crippen LogP contribution is 2.33. The van der Waals surface area contributed by atoms with Crippen molar-refractivity contribution in [3.8, 4) is 0 Å². The van der Waals surface area contributed by atoms with Gasteiger partial charge in [0.2, 0.25) is 35.4 Å². The normalized spacial score (nSPS) is 16.6. The lowest BCUT2D eigenvalue weighted by atomic mass is 9.92. The monoisotopic (exact) mass is 1930 g/mol. The summed E-state index contributed by atoms with van der Waals surface area (Å²) in [5.74, 6) is -11.4. The number of nitrogens with zero attached hydrogens (tertiary/aromatic N) is 4. The Morgan fingerprint density at radius 3 is 1.59 bits per heavy atom. The van der Waals surface area contributed by atoms with Crippen LogP contribution in [0.3, 0.4) is 0 Å².